The van der Waals surface area contributed by atoms with Gasteiger partial charge >= 0.3 is 0 Å². The van der Waals surface area contributed by atoms with Crippen molar-refractivity contribution < 1.29 is 0 Å². The predicted octanol–water partition coefficient (Wildman–Crippen LogP) is 3.46. The molecule has 0 bridgehead atoms. The van der Waals surface area contributed by atoms with Crippen LogP contribution in [0.5, 0.6) is 0 Å². The maximum absolute atomic E-state index is 6.06. The average Bonchev–Trinajstić information content (AvgIpc) is 3.23. The number of halogens is 1. The molecule has 4 rings (SSSR count). The fourth-order valence-electron chi connectivity index (χ4n) is 2.64. The molecule has 0 aliphatic carbocycles. The van der Waals surface area contributed by atoms with Crippen LogP contribution in [0.25, 0.3) is 11.3 Å². The van der Waals surface area contributed by atoms with Gasteiger partial charge in [0.2, 0.25) is 0 Å². The Hall–Kier alpha value is -2.63. The normalized spacial score (nSPS) is 11.2. The highest BCUT2D eigenvalue weighted by atomic mass is 35.5. The molecule has 24 heavy (non-hydrogen) atoms. The first-order valence-electron chi connectivity index (χ1n) is 7.71. The van der Waals surface area contributed by atoms with Crippen LogP contribution >= 0.6 is 11.6 Å². The summed E-state index contributed by atoms with van der Waals surface area (Å²) < 4.78 is 3.88. The van der Waals surface area contributed by atoms with Crippen LogP contribution in [-0.4, -0.2) is 19.2 Å². The Kier molecular flexibility index (Phi) is 4.02. The summed E-state index contributed by atoms with van der Waals surface area (Å²) in [6, 6.07) is 13.8. The number of hydrogen-bond donors (Lipinski definition) is 1. The minimum absolute atomic E-state index is 0.700. The predicted molar refractivity (Wildman–Crippen MR) is 94.3 cm³/mol. The van der Waals surface area contributed by atoms with Crippen LogP contribution in [0.15, 0.2) is 67.3 Å². The van der Waals surface area contributed by atoms with E-state index in [-0.39, 0.29) is 0 Å². The highest BCUT2D eigenvalue weighted by Crippen LogP contribution is 2.13. The molecule has 0 aliphatic rings. The van der Waals surface area contributed by atoms with Crippen molar-refractivity contribution >= 4 is 17.2 Å². The van der Waals surface area contributed by atoms with Crippen molar-refractivity contribution in [3.63, 3.8) is 0 Å². The molecule has 0 saturated carbocycles. The second kappa shape index (κ2) is 6.47. The second-order valence-corrected chi connectivity index (χ2v) is 5.99. The molecule has 6 heteroatoms. The smallest absolute Gasteiger partial charge is 0.137 e. The first-order chi connectivity index (χ1) is 11.8. The van der Waals surface area contributed by atoms with Crippen molar-refractivity contribution in [3.8, 4) is 5.69 Å². The van der Waals surface area contributed by atoms with E-state index in [4.69, 9.17) is 11.6 Å². The van der Waals surface area contributed by atoms with Crippen LogP contribution in [0, 0.1) is 0 Å². The summed E-state index contributed by atoms with van der Waals surface area (Å²) >= 11 is 6.06. The van der Waals surface area contributed by atoms with Gasteiger partial charge in [-0.2, -0.15) is 5.10 Å². The molecule has 0 amide bonds. The Morgan fingerprint density at radius 2 is 1.83 bits per heavy atom. The van der Waals surface area contributed by atoms with Crippen LogP contribution in [-0.2, 0) is 13.1 Å². The molecule has 0 radical (unpaired) electrons. The van der Waals surface area contributed by atoms with E-state index in [0.29, 0.717) is 11.6 Å². The number of nitrogens with zero attached hydrogens (tertiary/aromatic N) is 4. The SMILES string of the molecule is Clc1ccc2ncc(CNCc3cnn(-c4ccccc4)c3)n2c1. The van der Waals surface area contributed by atoms with Gasteiger partial charge in [0.15, 0.2) is 0 Å². The van der Waals surface area contributed by atoms with E-state index in [2.05, 4.69) is 15.4 Å². The standard InChI is InChI=1S/C18H16ClN5/c19-15-6-7-18-21-11-17(23(18)13-15)10-20-8-14-9-22-24(12-14)16-4-2-1-3-5-16/h1-7,9,11-13,20H,8,10H2. The summed E-state index contributed by atoms with van der Waals surface area (Å²) in [6.07, 6.45) is 7.67. The van der Waals surface area contributed by atoms with Crippen molar-refractivity contribution in [1.29, 1.82) is 0 Å². The third-order valence-corrected chi connectivity index (χ3v) is 4.06. The molecule has 1 N–H and O–H groups in total. The van der Waals surface area contributed by atoms with Crippen LogP contribution in [0.1, 0.15) is 11.3 Å². The molecule has 0 saturated heterocycles. The largest absolute Gasteiger partial charge is 0.307 e. The maximum atomic E-state index is 6.06. The van der Waals surface area contributed by atoms with Gasteiger partial charge in [-0.05, 0) is 24.3 Å². The number of hydrogen-bond acceptors (Lipinski definition) is 3. The minimum atomic E-state index is 0.700. The minimum Gasteiger partial charge on any atom is -0.307 e. The molecule has 0 atom stereocenters. The van der Waals surface area contributed by atoms with E-state index in [9.17, 15) is 0 Å². The van der Waals surface area contributed by atoms with Gasteiger partial charge in [0.05, 0.1) is 28.8 Å². The zero-order chi connectivity index (χ0) is 16.4. The summed E-state index contributed by atoms with van der Waals surface area (Å²) in [5.41, 5.74) is 4.15. The van der Waals surface area contributed by atoms with Crippen molar-refractivity contribution in [1.82, 2.24) is 24.5 Å². The Balaban J connectivity index is 1.42. The van der Waals surface area contributed by atoms with Gasteiger partial charge in [0.1, 0.15) is 5.65 Å². The van der Waals surface area contributed by atoms with Gasteiger partial charge in [-0.1, -0.05) is 29.8 Å². The first kappa shape index (κ1) is 14.9. The molecule has 0 aliphatic heterocycles. The molecule has 0 fully saturated rings. The van der Waals surface area contributed by atoms with E-state index in [1.165, 1.54) is 0 Å². The summed E-state index contributed by atoms with van der Waals surface area (Å²) in [6.45, 7) is 1.44. The van der Waals surface area contributed by atoms with Crippen molar-refractivity contribution in [2.45, 2.75) is 13.1 Å². The van der Waals surface area contributed by atoms with Gasteiger partial charge in [-0.3, -0.25) is 0 Å². The number of pyridine rings is 1. The third kappa shape index (κ3) is 3.04. The van der Waals surface area contributed by atoms with Gasteiger partial charge in [0.25, 0.3) is 0 Å². The number of fused-ring (bicyclic) bond motifs is 1. The lowest BCUT2D eigenvalue weighted by Gasteiger charge is -2.04. The van der Waals surface area contributed by atoms with Gasteiger partial charge in [-0.25, -0.2) is 9.67 Å². The van der Waals surface area contributed by atoms with Crippen molar-refractivity contribution in [3.05, 3.63) is 83.5 Å². The number of para-hydroxylation sites is 1. The van der Waals surface area contributed by atoms with E-state index in [0.717, 1.165) is 29.1 Å². The van der Waals surface area contributed by atoms with E-state index in [1.54, 1.807) is 0 Å². The summed E-state index contributed by atoms with van der Waals surface area (Å²) in [7, 11) is 0. The Labute approximate surface area is 144 Å². The van der Waals surface area contributed by atoms with Crippen LogP contribution in [0.4, 0.5) is 0 Å². The molecule has 5 nitrogen and oxygen atoms in total. The highest BCUT2D eigenvalue weighted by Gasteiger charge is 2.05. The van der Waals surface area contributed by atoms with Gasteiger partial charge in [0, 0.05) is 31.0 Å². The topological polar surface area (TPSA) is 47.2 Å². The lowest BCUT2D eigenvalue weighted by molar-refractivity contribution is 0.675. The van der Waals surface area contributed by atoms with E-state index in [1.807, 2.05) is 76.3 Å². The van der Waals surface area contributed by atoms with Gasteiger partial charge < -0.3 is 9.72 Å². The lowest BCUT2D eigenvalue weighted by atomic mass is 10.3. The molecular formula is C18H16ClN5. The number of imidazole rings is 1. The molecular weight excluding hydrogens is 322 g/mol. The summed E-state index contributed by atoms with van der Waals surface area (Å²) in [4.78, 5) is 4.38. The maximum Gasteiger partial charge on any atom is 0.137 e. The molecule has 3 heterocycles. The van der Waals surface area contributed by atoms with Crippen LogP contribution in [0.2, 0.25) is 5.02 Å². The lowest BCUT2D eigenvalue weighted by Crippen LogP contribution is -2.13. The molecule has 1 aromatic carbocycles. The fraction of sp³-hybridized carbons (Fsp3) is 0.111. The summed E-state index contributed by atoms with van der Waals surface area (Å²) in [5.74, 6) is 0. The van der Waals surface area contributed by atoms with Crippen molar-refractivity contribution in [2.24, 2.45) is 0 Å². The summed E-state index contributed by atoms with van der Waals surface area (Å²) in [5, 5.41) is 8.53. The Morgan fingerprint density at radius 3 is 2.71 bits per heavy atom. The number of rotatable bonds is 5. The van der Waals surface area contributed by atoms with E-state index < -0.39 is 0 Å². The van der Waals surface area contributed by atoms with Gasteiger partial charge in [-0.15, -0.1) is 0 Å². The molecule has 0 unspecified atom stereocenters. The van der Waals surface area contributed by atoms with Crippen LogP contribution in [0.3, 0.4) is 0 Å². The van der Waals surface area contributed by atoms with Crippen molar-refractivity contribution in [2.75, 3.05) is 0 Å². The average molecular weight is 338 g/mol. The zero-order valence-corrected chi connectivity index (χ0v) is 13.7. The molecule has 120 valence electrons. The Bertz CT molecular complexity index is 958. The van der Waals surface area contributed by atoms with E-state index >= 15 is 0 Å². The second-order valence-electron chi connectivity index (χ2n) is 5.56. The third-order valence-electron chi connectivity index (χ3n) is 3.84. The number of nitrogens with one attached hydrogen (secondary N) is 1. The zero-order valence-electron chi connectivity index (χ0n) is 12.9. The number of aromatic nitrogens is 4. The number of benzene rings is 1. The molecule has 4 aromatic rings. The monoisotopic (exact) mass is 337 g/mol. The highest BCUT2D eigenvalue weighted by molar-refractivity contribution is 6.30. The molecule has 3 aromatic heterocycles. The first-order valence-corrected chi connectivity index (χ1v) is 8.08. The quantitative estimate of drug-likeness (QED) is 0.606. The van der Waals surface area contributed by atoms with Crippen LogP contribution < -0.4 is 5.32 Å². The fourth-order valence-corrected chi connectivity index (χ4v) is 2.80. The molecule has 0 spiro atoms. The Morgan fingerprint density at radius 1 is 0.958 bits per heavy atom.